The highest BCUT2D eigenvalue weighted by Gasteiger charge is 2.22. The summed E-state index contributed by atoms with van der Waals surface area (Å²) in [6.45, 7) is 0. The van der Waals surface area contributed by atoms with E-state index in [0.29, 0.717) is 17.1 Å². The van der Waals surface area contributed by atoms with Crippen LogP contribution in [0.5, 0.6) is 17.2 Å². The summed E-state index contributed by atoms with van der Waals surface area (Å²) >= 11 is 4.23. The van der Waals surface area contributed by atoms with Crippen LogP contribution in [0.25, 0.3) is 0 Å². The van der Waals surface area contributed by atoms with Crippen molar-refractivity contribution >= 4 is 51.2 Å². The molecule has 0 saturated heterocycles. The maximum Gasteiger partial charge on any atom is 0.341 e. The number of hydrogen-bond acceptors (Lipinski definition) is 4. The molecule has 6 heteroatoms. The molecule has 0 unspecified atom stereocenters. The fraction of sp³-hybridized carbons (Fsp3) is 0.133. The molecule has 2 aromatic rings. The highest BCUT2D eigenvalue weighted by Crippen LogP contribution is 2.40. The number of carbonyl (C=O) groups is 1. The summed E-state index contributed by atoms with van der Waals surface area (Å²) < 4.78 is 17.6. The largest absolute Gasteiger partial charge is 0.495 e. The highest BCUT2D eigenvalue weighted by molar-refractivity contribution is 14.1. The zero-order chi connectivity index (χ0) is 15.4. The molecule has 110 valence electrons. The first-order valence-electron chi connectivity index (χ1n) is 5.95. The second-order valence-corrected chi connectivity index (χ2v) is 6.23. The molecule has 2 rings (SSSR count). The Bertz CT molecular complexity index is 656. The van der Waals surface area contributed by atoms with E-state index in [1.807, 2.05) is 30.3 Å². The monoisotopic (exact) mass is 510 g/mol. The molecule has 0 N–H and O–H groups in total. The molecule has 0 atom stereocenters. The number of carbonyl (C=O) groups excluding carboxylic acids is 1. The normalized spacial score (nSPS) is 10.1. The third kappa shape index (κ3) is 3.60. The van der Waals surface area contributed by atoms with Crippen LogP contribution in [0.3, 0.4) is 0 Å². The molecular formula is C15H12I2O4. The van der Waals surface area contributed by atoms with E-state index < -0.39 is 5.97 Å². The lowest BCUT2D eigenvalue weighted by atomic mass is 10.2. The zero-order valence-corrected chi connectivity index (χ0v) is 15.7. The first-order valence-corrected chi connectivity index (χ1v) is 8.11. The molecule has 0 radical (unpaired) electrons. The van der Waals surface area contributed by atoms with Crippen molar-refractivity contribution in [2.24, 2.45) is 0 Å². The Kier molecular flexibility index (Phi) is 5.68. The van der Waals surface area contributed by atoms with Gasteiger partial charge >= 0.3 is 5.97 Å². The molecule has 21 heavy (non-hydrogen) atoms. The summed E-state index contributed by atoms with van der Waals surface area (Å²) in [4.78, 5) is 11.8. The van der Waals surface area contributed by atoms with Crippen molar-refractivity contribution < 1.29 is 19.0 Å². The van der Waals surface area contributed by atoms with E-state index in [-0.39, 0.29) is 0 Å². The molecule has 2 aromatic carbocycles. The Balaban J connectivity index is 2.50. The lowest BCUT2D eigenvalue weighted by molar-refractivity contribution is 0.0597. The Hall–Kier alpha value is -1.03. The van der Waals surface area contributed by atoms with E-state index in [1.54, 1.807) is 6.07 Å². The molecule has 0 saturated carbocycles. The van der Waals surface area contributed by atoms with Crippen molar-refractivity contribution in [1.29, 1.82) is 0 Å². The topological polar surface area (TPSA) is 44.8 Å². The summed E-state index contributed by atoms with van der Waals surface area (Å²) in [5.41, 5.74) is 0.384. The fourth-order valence-corrected chi connectivity index (χ4v) is 3.86. The van der Waals surface area contributed by atoms with Crippen LogP contribution in [0, 0.1) is 7.14 Å². The van der Waals surface area contributed by atoms with Crippen LogP contribution in [0.4, 0.5) is 0 Å². The lowest BCUT2D eigenvalue weighted by Crippen LogP contribution is -2.07. The van der Waals surface area contributed by atoms with Crippen molar-refractivity contribution in [2.45, 2.75) is 0 Å². The van der Waals surface area contributed by atoms with Crippen LogP contribution < -0.4 is 9.47 Å². The fourth-order valence-electron chi connectivity index (χ4n) is 1.75. The van der Waals surface area contributed by atoms with Gasteiger partial charge in [0.2, 0.25) is 0 Å². The minimum absolute atomic E-state index is 0.384. The first kappa shape index (κ1) is 16.3. The molecule has 0 heterocycles. The van der Waals surface area contributed by atoms with Crippen LogP contribution in [-0.2, 0) is 4.74 Å². The minimum Gasteiger partial charge on any atom is -0.495 e. The Morgan fingerprint density at radius 3 is 2.29 bits per heavy atom. The van der Waals surface area contributed by atoms with Gasteiger partial charge in [0.05, 0.1) is 21.4 Å². The van der Waals surface area contributed by atoms with Crippen LogP contribution in [0.1, 0.15) is 10.4 Å². The predicted molar refractivity (Wildman–Crippen MR) is 96.3 cm³/mol. The van der Waals surface area contributed by atoms with Gasteiger partial charge in [0, 0.05) is 0 Å². The van der Waals surface area contributed by atoms with Crippen molar-refractivity contribution in [2.75, 3.05) is 14.2 Å². The average Bonchev–Trinajstić information content (AvgIpc) is 2.51. The number of para-hydroxylation sites is 1. The van der Waals surface area contributed by atoms with Gasteiger partial charge in [-0.05, 0) is 63.4 Å². The molecule has 0 aromatic heterocycles. The molecular weight excluding hydrogens is 498 g/mol. The van der Waals surface area contributed by atoms with Gasteiger partial charge in [0.1, 0.15) is 11.3 Å². The SMILES string of the molecule is COC(=O)c1cc(I)c(Oc2ccccc2)c(I)c1OC. The summed E-state index contributed by atoms with van der Waals surface area (Å²) in [6, 6.07) is 11.2. The van der Waals surface area contributed by atoms with Crippen molar-refractivity contribution in [3.63, 3.8) is 0 Å². The van der Waals surface area contributed by atoms with E-state index in [4.69, 9.17) is 14.2 Å². The maximum absolute atomic E-state index is 11.8. The summed E-state index contributed by atoms with van der Waals surface area (Å²) in [5, 5.41) is 0. The maximum atomic E-state index is 11.8. The predicted octanol–water partition coefficient (Wildman–Crippen LogP) is 4.48. The molecule has 0 aliphatic heterocycles. The standard InChI is InChI=1S/C15H12I2O4/c1-19-13-10(15(18)20-2)8-11(16)14(12(13)17)21-9-6-4-3-5-7-9/h3-8H,1-2H3. The second-order valence-electron chi connectivity index (χ2n) is 3.99. The third-order valence-corrected chi connectivity index (χ3v) is 4.48. The van der Waals surface area contributed by atoms with E-state index in [0.717, 1.165) is 12.9 Å². The summed E-state index contributed by atoms with van der Waals surface area (Å²) in [7, 11) is 2.86. The lowest BCUT2D eigenvalue weighted by Gasteiger charge is -2.15. The average molecular weight is 510 g/mol. The number of halogens is 2. The van der Waals surface area contributed by atoms with E-state index in [9.17, 15) is 4.79 Å². The van der Waals surface area contributed by atoms with Crippen LogP contribution in [0.15, 0.2) is 36.4 Å². The number of rotatable bonds is 4. The summed E-state index contributed by atoms with van der Waals surface area (Å²) in [5.74, 6) is 1.40. The third-order valence-electron chi connectivity index (χ3n) is 2.70. The van der Waals surface area contributed by atoms with Gasteiger partial charge in [0.15, 0.2) is 11.5 Å². The van der Waals surface area contributed by atoms with Gasteiger partial charge in [-0.1, -0.05) is 18.2 Å². The van der Waals surface area contributed by atoms with Crippen LogP contribution in [-0.4, -0.2) is 20.2 Å². The smallest absolute Gasteiger partial charge is 0.341 e. The number of ether oxygens (including phenoxy) is 3. The van der Waals surface area contributed by atoms with Crippen molar-refractivity contribution in [1.82, 2.24) is 0 Å². The van der Waals surface area contributed by atoms with Gasteiger partial charge in [-0.2, -0.15) is 0 Å². The van der Waals surface area contributed by atoms with E-state index in [2.05, 4.69) is 45.2 Å². The van der Waals surface area contributed by atoms with Gasteiger partial charge in [-0.15, -0.1) is 0 Å². The number of hydrogen-bond donors (Lipinski definition) is 0. The molecule has 0 aliphatic rings. The van der Waals surface area contributed by atoms with E-state index in [1.165, 1.54) is 14.2 Å². The number of benzene rings is 2. The molecule has 4 nitrogen and oxygen atoms in total. The molecule has 0 fully saturated rings. The van der Waals surface area contributed by atoms with Crippen LogP contribution in [0.2, 0.25) is 0 Å². The number of methoxy groups -OCH3 is 2. The molecule has 0 bridgehead atoms. The second kappa shape index (κ2) is 7.30. The number of esters is 1. The highest BCUT2D eigenvalue weighted by atomic mass is 127. The Morgan fingerprint density at radius 1 is 1.05 bits per heavy atom. The van der Waals surface area contributed by atoms with E-state index >= 15 is 0 Å². The zero-order valence-electron chi connectivity index (χ0n) is 11.4. The van der Waals surface area contributed by atoms with Crippen LogP contribution >= 0.6 is 45.2 Å². The van der Waals surface area contributed by atoms with Gasteiger partial charge < -0.3 is 14.2 Å². The molecule has 0 spiro atoms. The Labute approximate surface area is 150 Å². The Morgan fingerprint density at radius 2 is 1.71 bits per heavy atom. The van der Waals surface area contributed by atoms with Gasteiger partial charge in [0.25, 0.3) is 0 Å². The van der Waals surface area contributed by atoms with Gasteiger partial charge in [-0.25, -0.2) is 4.79 Å². The molecule has 0 amide bonds. The quantitative estimate of drug-likeness (QED) is 0.450. The summed E-state index contributed by atoms with van der Waals surface area (Å²) in [6.07, 6.45) is 0. The van der Waals surface area contributed by atoms with Crippen molar-refractivity contribution in [3.8, 4) is 17.2 Å². The first-order chi connectivity index (χ1) is 10.1. The van der Waals surface area contributed by atoms with Crippen molar-refractivity contribution in [3.05, 3.63) is 49.1 Å². The minimum atomic E-state index is -0.436. The molecule has 0 aliphatic carbocycles. The van der Waals surface area contributed by atoms with Gasteiger partial charge in [-0.3, -0.25) is 0 Å².